The van der Waals surface area contributed by atoms with Crippen molar-refractivity contribution in [2.45, 2.75) is 32.7 Å². The van der Waals surface area contributed by atoms with Crippen LogP contribution in [0.4, 0.5) is 0 Å². The molecule has 2 rings (SSSR count). The smallest absolute Gasteiger partial charge is 0.234 e. The zero-order valence-corrected chi connectivity index (χ0v) is 15.2. The van der Waals surface area contributed by atoms with Gasteiger partial charge in [-0.3, -0.25) is 4.79 Å². The Hall–Kier alpha value is -3.00. The summed E-state index contributed by atoms with van der Waals surface area (Å²) >= 11 is 0. The van der Waals surface area contributed by atoms with Crippen molar-refractivity contribution in [3.63, 3.8) is 0 Å². The van der Waals surface area contributed by atoms with Crippen molar-refractivity contribution >= 4 is 5.91 Å². The molecule has 0 spiro atoms. The van der Waals surface area contributed by atoms with Crippen molar-refractivity contribution in [1.82, 2.24) is 5.32 Å². The van der Waals surface area contributed by atoms with Gasteiger partial charge in [0.1, 0.15) is 31.1 Å². The number of benzene rings is 2. The molecular weight excluding hydrogens is 328 g/mol. The van der Waals surface area contributed by atoms with Crippen LogP contribution in [0, 0.1) is 11.3 Å². The first-order chi connectivity index (χ1) is 12.6. The maximum absolute atomic E-state index is 11.3. The van der Waals surface area contributed by atoms with Crippen molar-refractivity contribution in [2.75, 3.05) is 13.2 Å². The number of carbonyl (C=O) groups is 1. The van der Waals surface area contributed by atoms with E-state index in [9.17, 15) is 4.79 Å². The van der Waals surface area contributed by atoms with Crippen LogP contribution in [0.25, 0.3) is 0 Å². The lowest BCUT2D eigenvalue weighted by molar-refractivity contribution is -0.120. The fourth-order valence-electron chi connectivity index (χ4n) is 2.35. The molecule has 0 bridgehead atoms. The first kappa shape index (κ1) is 19.3. The Morgan fingerprint density at radius 3 is 2.42 bits per heavy atom. The Kier molecular flexibility index (Phi) is 7.50. The fourth-order valence-corrected chi connectivity index (χ4v) is 2.35. The van der Waals surface area contributed by atoms with E-state index in [0.717, 1.165) is 17.1 Å². The van der Waals surface area contributed by atoms with Gasteiger partial charge >= 0.3 is 0 Å². The van der Waals surface area contributed by atoms with E-state index in [1.54, 1.807) is 0 Å². The lowest BCUT2D eigenvalue weighted by atomic mass is 10.0. The number of carbonyl (C=O) groups excluding carboxylic acids is 1. The Balaban J connectivity index is 1.74. The first-order valence-electron chi connectivity index (χ1n) is 8.66. The summed E-state index contributed by atoms with van der Waals surface area (Å²) in [6.45, 7) is 5.57. The van der Waals surface area contributed by atoms with Crippen molar-refractivity contribution in [2.24, 2.45) is 0 Å². The molecule has 0 unspecified atom stereocenters. The summed E-state index contributed by atoms with van der Waals surface area (Å²) in [7, 11) is 0. The molecule has 5 nitrogen and oxygen atoms in total. The van der Waals surface area contributed by atoms with Crippen LogP contribution in [0.1, 0.15) is 37.3 Å². The minimum absolute atomic E-state index is 0.133. The Morgan fingerprint density at radius 1 is 1.08 bits per heavy atom. The second-order valence-corrected chi connectivity index (χ2v) is 6.18. The highest BCUT2D eigenvalue weighted by atomic mass is 16.5. The van der Waals surface area contributed by atoms with E-state index >= 15 is 0 Å². The molecule has 0 atom stereocenters. The number of hydrogen-bond donors (Lipinski definition) is 1. The highest BCUT2D eigenvalue weighted by molar-refractivity contribution is 5.77. The van der Waals surface area contributed by atoms with Crippen LogP contribution in [0.3, 0.4) is 0 Å². The molecule has 2 aromatic carbocycles. The average molecular weight is 352 g/mol. The third-order valence-corrected chi connectivity index (χ3v) is 3.80. The van der Waals surface area contributed by atoms with Crippen LogP contribution in [0.2, 0.25) is 0 Å². The molecule has 0 radical (unpaired) electrons. The van der Waals surface area contributed by atoms with Gasteiger partial charge in [0.05, 0.1) is 6.07 Å². The molecule has 0 saturated carbocycles. The monoisotopic (exact) mass is 352 g/mol. The van der Waals surface area contributed by atoms with Crippen molar-refractivity contribution in [3.8, 4) is 17.6 Å². The van der Waals surface area contributed by atoms with Crippen LogP contribution in [0.5, 0.6) is 11.5 Å². The van der Waals surface area contributed by atoms with E-state index in [-0.39, 0.29) is 12.3 Å². The molecule has 0 aliphatic rings. The van der Waals surface area contributed by atoms with Gasteiger partial charge in [0.25, 0.3) is 0 Å². The van der Waals surface area contributed by atoms with Gasteiger partial charge in [-0.2, -0.15) is 5.26 Å². The number of nitriles is 1. The van der Waals surface area contributed by atoms with Gasteiger partial charge in [-0.25, -0.2) is 0 Å². The number of ether oxygens (including phenoxy) is 2. The minimum Gasteiger partial charge on any atom is -0.490 e. The third-order valence-electron chi connectivity index (χ3n) is 3.80. The highest BCUT2D eigenvalue weighted by Gasteiger charge is 2.02. The van der Waals surface area contributed by atoms with E-state index in [1.807, 2.05) is 42.5 Å². The summed E-state index contributed by atoms with van der Waals surface area (Å²) in [5.41, 5.74) is 2.20. The topological polar surface area (TPSA) is 71.3 Å². The van der Waals surface area contributed by atoms with Crippen LogP contribution in [-0.2, 0) is 11.3 Å². The predicted octanol–water partition coefficient (Wildman–Crippen LogP) is 3.80. The molecule has 0 aliphatic carbocycles. The highest BCUT2D eigenvalue weighted by Crippen LogP contribution is 2.18. The molecule has 1 amide bonds. The van der Waals surface area contributed by atoms with Gasteiger partial charge < -0.3 is 14.8 Å². The van der Waals surface area contributed by atoms with Crippen LogP contribution in [0.15, 0.2) is 48.5 Å². The van der Waals surface area contributed by atoms with E-state index in [4.69, 9.17) is 14.7 Å². The summed E-state index contributed by atoms with van der Waals surface area (Å²) < 4.78 is 11.4. The molecule has 2 aromatic rings. The summed E-state index contributed by atoms with van der Waals surface area (Å²) in [5.74, 6) is 1.77. The fraction of sp³-hybridized carbons (Fsp3) is 0.333. The molecule has 5 heteroatoms. The second kappa shape index (κ2) is 10.1. The SMILES string of the molecule is CC(C)c1ccc(OCCOc2cccc(CNC(=O)CC#N)c2)cc1. The van der Waals surface area contributed by atoms with Gasteiger partial charge in [0.2, 0.25) is 5.91 Å². The van der Waals surface area contributed by atoms with Crippen LogP contribution in [-0.4, -0.2) is 19.1 Å². The zero-order chi connectivity index (χ0) is 18.8. The van der Waals surface area contributed by atoms with Gasteiger partial charge in [0, 0.05) is 6.54 Å². The molecule has 0 aromatic heterocycles. The Bertz CT molecular complexity index is 749. The van der Waals surface area contributed by atoms with Gasteiger partial charge in [-0.1, -0.05) is 38.1 Å². The largest absolute Gasteiger partial charge is 0.490 e. The van der Waals surface area contributed by atoms with E-state index in [2.05, 4.69) is 31.3 Å². The molecule has 26 heavy (non-hydrogen) atoms. The average Bonchev–Trinajstić information content (AvgIpc) is 2.64. The van der Waals surface area contributed by atoms with Crippen LogP contribution < -0.4 is 14.8 Å². The third kappa shape index (κ3) is 6.48. The summed E-state index contributed by atoms with van der Waals surface area (Å²) in [6, 6.07) is 17.4. The predicted molar refractivity (Wildman–Crippen MR) is 100 cm³/mol. The standard InChI is InChI=1S/C21H24N2O3/c1-16(2)18-6-8-19(9-7-18)25-12-13-26-20-5-3-4-17(14-20)15-23-21(24)10-11-22/h3-9,14,16H,10,12-13,15H2,1-2H3,(H,23,24). The molecular formula is C21H24N2O3. The summed E-state index contributed by atoms with van der Waals surface area (Å²) in [5, 5.41) is 11.2. The van der Waals surface area contributed by atoms with E-state index < -0.39 is 0 Å². The number of hydrogen-bond acceptors (Lipinski definition) is 4. The van der Waals surface area contributed by atoms with Crippen LogP contribution >= 0.6 is 0 Å². The van der Waals surface area contributed by atoms with Crippen molar-refractivity contribution in [1.29, 1.82) is 5.26 Å². The number of nitrogens with one attached hydrogen (secondary N) is 1. The molecule has 0 saturated heterocycles. The molecule has 0 fully saturated rings. The molecule has 0 heterocycles. The normalized spacial score (nSPS) is 10.2. The molecule has 1 N–H and O–H groups in total. The van der Waals surface area contributed by atoms with Gasteiger partial charge in [-0.15, -0.1) is 0 Å². The molecule has 0 aliphatic heterocycles. The lowest BCUT2D eigenvalue weighted by Gasteiger charge is -2.11. The Morgan fingerprint density at radius 2 is 1.77 bits per heavy atom. The Labute approximate surface area is 154 Å². The van der Waals surface area contributed by atoms with Gasteiger partial charge in [-0.05, 0) is 41.3 Å². The van der Waals surface area contributed by atoms with Crippen molar-refractivity contribution < 1.29 is 14.3 Å². The lowest BCUT2D eigenvalue weighted by Crippen LogP contribution is -2.21. The van der Waals surface area contributed by atoms with Gasteiger partial charge in [0.15, 0.2) is 0 Å². The molecule has 136 valence electrons. The number of rotatable bonds is 9. The second-order valence-electron chi connectivity index (χ2n) is 6.18. The first-order valence-corrected chi connectivity index (χ1v) is 8.66. The quantitative estimate of drug-likeness (QED) is 0.697. The summed E-state index contributed by atoms with van der Waals surface area (Å²) in [6.07, 6.45) is -0.133. The summed E-state index contributed by atoms with van der Waals surface area (Å²) in [4.78, 5) is 11.3. The van der Waals surface area contributed by atoms with Crippen molar-refractivity contribution in [3.05, 3.63) is 59.7 Å². The maximum Gasteiger partial charge on any atom is 0.234 e. The zero-order valence-electron chi connectivity index (χ0n) is 15.2. The van der Waals surface area contributed by atoms with E-state index in [0.29, 0.717) is 25.7 Å². The number of nitrogens with zero attached hydrogens (tertiary/aromatic N) is 1. The number of amides is 1. The van der Waals surface area contributed by atoms with E-state index in [1.165, 1.54) is 5.56 Å². The maximum atomic E-state index is 11.3. The minimum atomic E-state index is -0.282.